The van der Waals surface area contributed by atoms with Crippen molar-refractivity contribution in [1.29, 1.82) is 0 Å². The molecule has 0 saturated heterocycles. The van der Waals surface area contributed by atoms with Gasteiger partial charge in [-0.15, -0.1) is 0 Å². The van der Waals surface area contributed by atoms with Gasteiger partial charge in [0.25, 0.3) is 11.8 Å². The molecule has 0 saturated carbocycles. The van der Waals surface area contributed by atoms with Gasteiger partial charge in [0.2, 0.25) is 0 Å². The summed E-state index contributed by atoms with van der Waals surface area (Å²) in [7, 11) is 0. The smallest absolute Gasteiger partial charge is 0.335 e. The third-order valence-corrected chi connectivity index (χ3v) is 3.66. The minimum atomic E-state index is -1.18. The number of fused-ring (bicyclic) bond motifs is 1. The monoisotopic (exact) mass is 316 g/mol. The van der Waals surface area contributed by atoms with Gasteiger partial charge in [-0.05, 0) is 36.4 Å². The first-order chi connectivity index (χ1) is 10.4. The van der Waals surface area contributed by atoms with E-state index in [-0.39, 0.29) is 27.4 Å². The van der Waals surface area contributed by atoms with Crippen LogP contribution in [0, 0.1) is 0 Å². The first kappa shape index (κ1) is 14.1. The van der Waals surface area contributed by atoms with Gasteiger partial charge >= 0.3 is 5.97 Å². The number of imide groups is 1. The number of aromatic carboxylic acids is 1. The summed E-state index contributed by atoms with van der Waals surface area (Å²) in [6.07, 6.45) is 0. The maximum Gasteiger partial charge on any atom is 0.335 e. The number of benzene rings is 2. The summed E-state index contributed by atoms with van der Waals surface area (Å²) in [5.74, 6) is -2.33. The van der Waals surface area contributed by atoms with Crippen molar-refractivity contribution in [2.45, 2.75) is 0 Å². The zero-order valence-corrected chi connectivity index (χ0v) is 11.8. The van der Waals surface area contributed by atoms with Crippen molar-refractivity contribution in [2.24, 2.45) is 0 Å². The average molecular weight is 317 g/mol. The van der Waals surface area contributed by atoms with Gasteiger partial charge in [-0.2, -0.15) is 0 Å². The first-order valence-corrected chi connectivity index (χ1v) is 6.59. The predicted molar refractivity (Wildman–Crippen MR) is 80.4 cm³/mol. The molecule has 0 unspecified atom stereocenters. The second-order valence-electron chi connectivity index (χ2n) is 4.72. The van der Waals surface area contributed by atoms with E-state index in [2.05, 4.69) is 0 Å². The Morgan fingerprint density at radius 3 is 2.41 bits per heavy atom. The lowest BCUT2D eigenvalue weighted by molar-refractivity contribution is 0.0695. The van der Waals surface area contributed by atoms with Crippen molar-refractivity contribution in [3.63, 3.8) is 0 Å². The quantitative estimate of drug-likeness (QED) is 0.654. The van der Waals surface area contributed by atoms with Gasteiger partial charge < -0.3 is 10.8 Å². The molecule has 3 N–H and O–H groups in total. The van der Waals surface area contributed by atoms with E-state index < -0.39 is 17.8 Å². The van der Waals surface area contributed by atoms with Gasteiger partial charge in [-0.3, -0.25) is 9.59 Å². The maximum absolute atomic E-state index is 12.4. The normalized spacial score (nSPS) is 13.4. The molecule has 1 aliphatic heterocycles. The number of carboxylic acid groups (broad SMARTS) is 1. The molecular formula is C15H9ClN2O4. The van der Waals surface area contributed by atoms with Gasteiger partial charge in [0.15, 0.2) is 0 Å². The Balaban J connectivity index is 2.15. The van der Waals surface area contributed by atoms with Gasteiger partial charge in [0.1, 0.15) is 0 Å². The fourth-order valence-electron chi connectivity index (χ4n) is 2.29. The molecule has 3 rings (SSSR count). The van der Waals surface area contributed by atoms with Crippen molar-refractivity contribution in [3.05, 3.63) is 58.1 Å². The summed E-state index contributed by atoms with van der Waals surface area (Å²) >= 11 is 6.02. The highest BCUT2D eigenvalue weighted by atomic mass is 35.5. The molecule has 6 nitrogen and oxygen atoms in total. The van der Waals surface area contributed by atoms with Crippen LogP contribution in [-0.4, -0.2) is 22.9 Å². The van der Waals surface area contributed by atoms with Crippen LogP contribution in [-0.2, 0) is 0 Å². The van der Waals surface area contributed by atoms with E-state index in [1.54, 1.807) is 0 Å². The molecule has 0 aromatic heterocycles. The lowest BCUT2D eigenvalue weighted by Crippen LogP contribution is -2.29. The molecule has 0 spiro atoms. The molecule has 7 heteroatoms. The summed E-state index contributed by atoms with van der Waals surface area (Å²) in [5, 5.41) is 9.14. The van der Waals surface area contributed by atoms with Crippen LogP contribution in [0.1, 0.15) is 31.1 Å². The van der Waals surface area contributed by atoms with Gasteiger partial charge in [0, 0.05) is 5.69 Å². The van der Waals surface area contributed by atoms with Crippen LogP contribution in [0.15, 0.2) is 36.4 Å². The van der Waals surface area contributed by atoms with E-state index in [4.69, 9.17) is 22.4 Å². The molecule has 0 atom stereocenters. The van der Waals surface area contributed by atoms with E-state index >= 15 is 0 Å². The summed E-state index contributed by atoms with van der Waals surface area (Å²) < 4.78 is 0. The molecule has 0 aliphatic carbocycles. The summed E-state index contributed by atoms with van der Waals surface area (Å²) in [5.41, 5.74) is 6.32. The number of rotatable bonds is 2. The molecule has 1 heterocycles. The maximum atomic E-state index is 12.4. The Hall–Kier alpha value is -2.86. The zero-order valence-electron chi connectivity index (χ0n) is 11.0. The van der Waals surface area contributed by atoms with Gasteiger partial charge in [-0.1, -0.05) is 11.6 Å². The Bertz CT molecular complexity index is 847. The van der Waals surface area contributed by atoms with Crippen LogP contribution in [0.4, 0.5) is 11.4 Å². The topological polar surface area (TPSA) is 101 Å². The number of carbonyl (C=O) groups excluding carboxylic acids is 2. The average Bonchev–Trinajstić information content (AvgIpc) is 2.71. The van der Waals surface area contributed by atoms with E-state index in [0.29, 0.717) is 5.69 Å². The fraction of sp³-hybridized carbons (Fsp3) is 0. The van der Waals surface area contributed by atoms with Crippen molar-refractivity contribution in [3.8, 4) is 0 Å². The van der Waals surface area contributed by atoms with Crippen LogP contribution >= 0.6 is 11.6 Å². The molecular weight excluding hydrogens is 308 g/mol. The highest BCUT2D eigenvalue weighted by Crippen LogP contribution is 2.34. The van der Waals surface area contributed by atoms with Crippen molar-refractivity contribution < 1.29 is 19.5 Å². The molecule has 0 bridgehead atoms. The Morgan fingerprint density at radius 2 is 1.73 bits per heavy atom. The number of nitrogen functional groups attached to an aromatic ring is 1. The second kappa shape index (κ2) is 4.85. The van der Waals surface area contributed by atoms with E-state index in [9.17, 15) is 14.4 Å². The highest BCUT2D eigenvalue weighted by molar-refractivity contribution is 6.40. The number of anilines is 2. The number of nitrogens with two attached hydrogens (primary N) is 1. The van der Waals surface area contributed by atoms with E-state index in [1.165, 1.54) is 36.4 Å². The van der Waals surface area contributed by atoms with Crippen LogP contribution in [0.3, 0.4) is 0 Å². The molecule has 22 heavy (non-hydrogen) atoms. The van der Waals surface area contributed by atoms with Gasteiger partial charge in [-0.25, -0.2) is 9.69 Å². The number of carboxylic acids is 1. The van der Waals surface area contributed by atoms with Crippen LogP contribution in [0.2, 0.25) is 5.02 Å². The minimum Gasteiger partial charge on any atom is -0.478 e. The number of nitrogens with zero attached hydrogens (tertiary/aromatic N) is 1. The molecule has 0 fully saturated rings. The molecule has 2 aromatic rings. The zero-order chi connectivity index (χ0) is 16.0. The Morgan fingerprint density at radius 1 is 1.05 bits per heavy atom. The van der Waals surface area contributed by atoms with Crippen molar-refractivity contribution >= 4 is 40.8 Å². The highest BCUT2D eigenvalue weighted by Gasteiger charge is 2.37. The molecule has 0 radical (unpaired) electrons. The lowest BCUT2D eigenvalue weighted by atomic mass is 10.1. The predicted octanol–water partition coefficient (Wildman–Crippen LogP) is 2.42. The Labute approximate surface area is 129 Å². The van der Waals surface area contributed by atoms with Crippen molar-refractivity contribution in [2.75, 3.05) is 10.6 Å². The number of carbonyl (C=O) groups is 3. The molecule has 2 aromatic carbocycles. The molecule has 110 valence electrons. The molecule has 2 amide bonds. The van der Waals surface area contributed by atoms with Crippen LogP contribution < -0.4 is 10.6 Å². The standard InChI is InChI=1S/C15H9ClN2O4/c16-11-4-1-7(15(21)22)5-12(11)18-13(19)9-3-2-8(17)6-10(9)14(18)20/h1-6H,17H2,(H,21,22). The number of hydrogen-bond acceptors (Lipinski definition) is 4. The second-order valence-corrected chi connectivity index (χ2v) is 5.13. The SMILES string of the molecule is Nc1ccc2c(c1)C(=O)N(c1cc(C(=O)O)ccc1Cl)C2=O. The first-order valence-electron chi connectivity index (χ1n) is 6.21. The number of amides is 2. The summed E-state index contributed by atoms with van der Waals surface area (Å²) in [6, 6.07) is 8.20. The minimum absolute atomic E-state index is 0.0336. The number of halogens is 1. The van der Waals surface area contributed by atoms with E-state index in [1.807, 2.05) is 0 Å². The van der Waals surface area contributed by atoms with Crippen LogP contribution in [0.25, 0.3) is 0 Å². The third-order valence-electron chi connectivity index (χ3n) is 3.34. The molecule has 1 aliphatic rings. The Kier molecular flexibility index (Phi) is 3.11. The van der Waals surface area contributed by atoms with Crippen LogP contribution in [0.5, 0.6) is 0 Å². The van der Waals surface area contributed by atoms with Gasteiger partial charge in [0.05, 0.1) is 27.4 Å². The van der Waals surface area contributed by atoms with E-state index in [0.717, 1.165) is 4.90 Å². The lowest BCUT2D eigenvalue weighted by Gasteiger charge is -2.16. The number of hydrogen-bond donors (Lipinski definition) is 2. The third kappa shape index (κ3) is 2.01. The summed E-state index contributed by atoms with van der Waals surface area (Å²) in [4.78, 5) is 36.8. The largest absolute Gasteiger partial charge is 0.478 e. The summed E-state index contributed by atoms with van der Waals surface area (Å²) in [6.45, 7) is 0. The van der Waals surface area contributed by atoms with Crippen molar-refractivity contribution in [1.82, 2.24) is 0 Å². The fourth-order valence-corrected chi connectivity index (χ4v) is 2.50.